The van der Waals surface area contributed by atoms with Crippen LogP contribution in [0.3, 0.4) is 0 Å². The minimum atomic E-state index is -0.357. The SMILES string of the molecule is Cc1cc(C)cc(-c2ncn(/C=C\C(=O)N3CCC(=O)N3c3cnccn3)n2)c1. The second kappa shape index (κ2) is 7.63. The molecule has 1 fully saturated rings. The van der Waals surface area contributed by atoms with Crippen LogP contribution in [0.15, 0.2) is 49.2 Å². The zero-order valence-electron chi connectivity index (χ0n) is 16.1. The van der Waals surface area contributed by atoms with Gasteiger partial charge in [-0.05, 0) is 26.0 Å². The third-order valence-electron chi connectivity index (χ3n) is 4.39. The highest BCUT2D eigenvalue weighted by molar-refractivity contribution is 6.01. The van der Waals surface area contributed by atoms with Crippen molar-refractivity contribution < 1.29 is 9.59 Å². The monoisotopic (exact) mass is 389 g/mol. The van der Waals surface area contributed by atoms with Crippen molar-refractivity contribution in [1.82, 2.24) is 29.7 Å². The number of anilines is 1. The second-order valence-corrected chi connectivity index (χ2v) is 6.72. The highest BCUT2D eigenvalue weighted by Gasteiger charge is 2.33. The molecule has 1 aromatic carbocycles. The molecule has 0 spiro atoms. The fraction of sp³-hybridized carbons (Fsp3) is 0.200. The summed E-state index contributed by atoms with van der Waals surface area (Å²) in [6, 6.07) is 6.10. The standard InChI is InChI=1S/C20H19N7O2/c1-14-9-15(2)11-16(10-14)20-23-13-25(24-20)7-3-18(28)26-8-4-19(29)27(26)17-12-21-5-6-22-17/h3,5-7,9-13H,4,8H2,1-2H3/b7-3-. The number of carbonyl (C=O) groups is 2. The quantitative estimate of drug-likeness (QED) is 0.633. The summed E-state index contributed by atoms with van der Waals surface area (Å²) in [5.74, 6) is 0.330. The van der Waals surface area contributed by atoms with Crippen LogP contribution in [0.25, 0.3) is 17.6 Å². The summed E-state index contributed by atoms with van der Waals surface area (Å²) in [6.07, 6.45) is 9.06. The van der Waals surface area contributed by atoms with Gasteiger partial charge in [-0.3, -0.25) is 14.6 Å². The summed E-state index contributed by atoms with van der Waals surface area (Å²) in [4.78, 5) is 37.2. The van der Waals surface area contributed by atoms with E-state index < -0.39 is 0 Å². The van der Waals surface area contributed by atoms with Crippen LogP contribution in [0, 0.1) is 13.8 Å². The van der Waals surface area contributed by atoms with E-state index in [2.05, 4.69) is 26.1 Å². The Kier molecular flexibility index (Phi) is 4.86. The van der Waals surface area contributed by atoms with E-state index >= 15 is 0 Å². The molecule has 29 heavy (non-hydrogen) atoms. The van der Waals surface area contributed by atoms with Gasteiger partial charge in [0.05, 0.1) is 12.7 Å². The first kappa shape index (κ1) is 18.5. The molecule has 0 unspecified atom stereocenters. The minimum absolute atomic E-state index is 0.204. The van der Waals surface area contributed by atoms with Crippen molar-refractivity contribution in [2.75, 3.05) is 11.6 Å². The Labute approximate surface area is 167 Å². The van der Waals surface area contributed by atoms with Crippen molar-refractivity contribution in [1.29, 1.82) is 0 Å². The number of nitrogens with zero attached hydrogens (tertiary/aromatic N) is 7. The Morgan fingerprint density at radius 1 is 1.10 bits per heavy atom. The first-order valence-electron chi connectivity index (χ1n) is 9.09. The molecule has 0 saturated carbocycles. The Balaban J connectivity index is 1.51. The Morgan fingerprint density at radius 2 is 1.90 bits per heavy atom. The van der Waals surface area contributed by atoms with Gasteiger partial charge in [0.2, 0.25) is 5.91 Å². The maximum Gasteiger partial charge on any atom is 0.267 e. The number of aryl methyl sites for hydroxylation is 2. The number of benzene rings is 1. The fourth-order valence-electron chi connectivity index (χ4n) is 3.21. The summed E-state index contributed by atoms with van der Waals surface area (Å²) >= 11 is 0. The number of carbonyl (C=O) groups excluding carboxylic acids is 2. The van der Waals surface area contributed by atoms with E-state index in [0.29, 0.717) is 11.6 Å². The number of hydrazine groups is 1. The first-order chi connectivity index (χ1) is 14.0. The summed E-state index contributed by atoms with van der Waals surface area (Å²) in [5, 5.41) is 6.99. The molecule has 3 aromatic rings. The number of hydrogen-bond donors (Lipinski definition) is 0. The highest BCUT2D eigenvalue weighted by Crippen LogP contribution is 2.20. The minimum Gasteiger partial charge on any atom is -0.272 e. The zero-order valence-corrected chi connectivity index (χ0v) is 16.1. The third-order valence-corrected chi connectivity index (χ3v) is 4.39. The molecule has 4 rings (SSSR count). The molecule has 9 nitrogen and oxygen atoms in total. The number of hydrogen-bond acceptors (Lipinski definition) is 6. The van der Waals surface area contributed by atoms with E-state index in [0.717, 1.165) is 16.7 Å². The van der Waals surface area contributed by atoms with Crippen molar-refractivity contribution in [3.05, 3.63) is 60.3 Å². The van der Waals surface area contributed by atoms with Gasteiger partial charge in [0.25, 0.3) is 5.91 Å². The highest BCUT2D eigenvalue weighted by atomic mass is 16.2. The van der Waals surface area contributed by atoms with E-state index in [1.54, 1.807) is 0 Å². The molecule has 0 bridgehead atoms. The number of aromatic nitrogens is 5. The van der Waals surface area contributed by atoms with Crippen LogP contribution in [0.2, 0.25) is 0 Å². The van der Waals surface area contributed by atoms with E-state index in [1.165, 1.54) is 51.9 Å². The van der Waals surface area contributed by atoms with Crippen LogP contribution < -0.4 is 5.01 Å². The van der Waals surface area contributed by atoms with Gasteiger partial charge in [0, 0.05) is 36.7 Å². The summed E-state index contributed by atoms with van der Waals surface area (Å²) in [5.41, 5.74) is 3.18. The predicted octanol–water partition coefficient (Wildman–Crippen LogP) is 2.00. The van der Waals surface area contributed by atoms with Crippen molar-refractivity contribution in [2.24, 2.45) is 0 Å². The maximum atomic E-state index is 12.6. The third kappa shape index (κ3) is 3.88. The second-order valence-electron chi connectivity index (χ2n) is 6.72. The van der Waals surface area contributed by atoms with Crippen molar-refractivity contribution in [2.45, 2.75) is 20.3 Å². The lowest BCUT2D eigenvalue weighted by Gasteiger charge is -2.25. The average molecular weight is 389 g/mol. The molecule has 0 radical (unpaired) electrons. The predicted molar refractivity (Wildman–Crippen MR) is 106 cm³/mol. The van der Waals surface area contributed by atoms with Crippen molar-refractivity contribution >= 4 is 23.8 Å². The Hall–Kier alpha value is -3.88. The van der Waals surface area contributed by atoms with Crippen LogP contribution in [0.4, 0.5) is 5.82 Å². The molecule has 0 N–H and O–H groups in total. The molecule has 9 heteroatoms. The van der Waals surface area contributed by atoms with Gasteiger partial charge in [0.1, 0.15) is 6.33 Å². The molecule has 1 saturated heterocycles. The molecule has 146 valence electrons. The molecule has 3 heterocycles. The van der Waals surface area contributed by atoms with Crippen LogP contribution >= 0.6 is 0 Å². The van der Waals surface area contributed by atoms with E-state index in [9.17, 15) is 9.59 Å². The van der Waals surface area contributed by atoms with Crippen molar-refractivity contribution in [3.8, 4) is 11.4 Å². The average Bonchev–Trinajstić information content (AvgIpc) is 3.33. The maximum absolute atomic E-state index is 12.6. The first-order valence-corrected chi connectivity index (χ1v) is 9.09. The van der Waals surface area contributed by atoms with E-state index in [1.807, 2.05) is 26.0 Å². The van der Waals surface area contributed by atoms with Crippen molar-refractivity contribution in [3.63, 3.8) is 0 Å². The lowest BCUT2D eigenvalue weighted by molar-refractivity contribution is -0.128. The van der Waals surface area contributed by atoms with Crippen LogP contribution in [0.5, 0.6) is 0 Å². The normalized spacial score (nSPS) is 14.2. The molecule has 0 aliphatic carbocycles. The van der Waals surface area contributed by atoms with Gasteiger partial charge < -0.3 is 0 Å². The Morgan fingerprint density at radius 3 is 2.62 bits per heavy atom. The lowest BCUT2D eigenvalue weighted by Crippen LogP contribution is -2.43. The topological polar surface area (TPSA) is 97.1 Å². The van der Waals surface area contributed by atoms with Gasteiger partial charge in [0.15, 0.2) is 11.6 Å². The van der Waals surface area contributed by atoms with E-state index in [-0.39, 0.29) is 24.8 Å². The van der Waals surface area contributed by atoms with Gasteiger partial charge >= 0.3 is 0 Å². The van der Waals surface area contributed by atoms with Gasteiger partial charge in [-0.1, -0.05) is 17.2 Å². The summed E-state index contributed by atoms with van der Waals surface area (Å²) in [7, 11) is 0. The molecular formula is C20H19N7O2. The molecule has 2 amide bonds. The Bertz CT molecular complexity index is 1070. The number of amides is 2. The lowest BCUT2D eigenvalue weighted by atomic mass is 10.1. The summed E-state index contributed by atoms with van der Waals surface area (Å²) in [6.45, 7) is 4.32. The van der Waals surface area contributed by atoms with Gasteiger partial charge in [-0.2, -0.15) is 5.01 Å². The van der Waals surface area contributed by atoms with Gasteiger partial charge in [-0.25, -0.2) is 19.7 Å². The molecule has 0 atom stereocenters. The van der Waals surface area contributed by atoms with Crippen LogP contribution in [-0.2, 0) is 9.59 Å². The summed E-state index contributed by atoms with van der Waals surface area (Å²) < 4.78 is 1.47. The smallest absolute Gasteiger partial charge is 0.267 e. The molecule has 2 aromatic heterocycles. The number of rotatable bonds is 4. The largest absolute Gasteiger partial charge is 0.272 e. The molecule has 1 aliphatic rings. The fourth-order valence-corrected chi connectivity index (χ4v) is 3.21. The molecular weight excluding hydrogens is 370 g/mol. The van der Waals surface area contributed by atoms with Crippen LogP contribution in [-0.4, -0.2) is 48.1 Å². The zero-order chi connectivity index (χ0) is 20.4. The molecule has 1 aliphatic heterocycles. The van der Waals surface area contributed by atoms with Crippen LogP contribution in [0.1, 0.15) is 17.5 Å². The van der Waals surface area contributed by atoms with Gasteiger partial charge in [-0.15, -0.1) is 5.10 Å². The van der Waals surface area contributed by atoms with E-state index in [4.69, 9.17) is 0 Å².